The number of carboxylic acid groups (broad SMARTS) is 1. The van der Waals surface area contributed by atoms with Crippen LogP contribution in [0.3, 0.4) is 0 Å². The lowest BCUT2D eigenvalue weighted by Gasteiger charge is -2.59. The highest BCUT2D eigenvalue weighted by Crippen LogP contribution is 2.72. The maximum Gasteiger partial charge on any atom is 0.315 e. The molecule has 0 aromatic carbocycles. The van der Waals surface area contributed by atoms with Gasteiger partial charge >= 0.3 is 5.97 Å². The smallest absolute Gasteiger partial charge is 0.315 e. The standard InChI is InChI=1S/C64H96O6/c1-34-38(30-42(55(5,6)7)50(65)46(34)59(17,18)19)63(29,54(69)70)64(39-31-43(56(8,9)10)51(66)47(35(39)2)60(20,21)22,40-32-44(57(11,12)13)52(67)48(36(40)3)61(23,24)25)41-33-45(58(14,15)16)53(68)49(37(41)4)62(26,27)28/h30-33,46-49,65-68H,1-4H2,5-29H3,(H,69,70). The molecule has 5 N–H and O–H groups in total. The summed E-state index contributed by atoms with van der Waals surface area (Å²) in [7, 11) is 0. The van der Waals surface area contributed by atoms with Gasteiger partial charge in [0.25, 0.3) is 0 Å². The molecule has 4 rings (SSSR count). The Morgan fingerprint density at radius 1 is 0.357 bits per heavy atom. The molecule has 0 saturated heterocycles. The van der Waals surface area contributed by atoms with Crippen LogP contribution in [0.5, 0.6) is 0 Å². The zero-order valence-corrected chi connectivity index (χ0v) is 48.6. The van der Waals surface area contributed by atoms with E-state index < -0.39 is 83.8 Å². The first-order valence-electron chi connectivity index (χ1n) is 25.5. The maximum atomic E-state index is 16.1. The first-order valence-corrected chi connectivity index (χ1v) is 25.5. The molecule has 388 valence electrons. The molecule has 0 aromatic rings. The van der Waals surface area contributed by atoms with Crippen LogP contribution in [0, 0.1) is 77.8 Å². The second-order valence-electron chi connectivity index (χ2n) is 29.9. The van der Waals surface area contributed by atoms with E-state index in [0.29, 0.717) is 66.9 Å². The third-order valence-electron chi connectivity index (χ3n) is 15.8. The molecular formula is C64H96O6. The Morgan fingerprint density at radius 2 is 0.529 bits per heavy atom. The molecule has 0 heterocycles. The summed E-state index contributed by atoms with van der Waals surface area (Å²) in [5.41, 5.74) is -2.51. The van der Waals surface area contributed by atoms with Crippen molar-refractivity contribution in [3.8, 4) is 0 Å². The fraction of sp³-hybridized carbons (Fsp3) is 0.609. The Kier molecular flexibility index (Phi) is 14.4. The van der Waals surface area contributed by atoms with E-state index >= 15 is 4.79 Å². The van der Waals surface area contributed by atoms with Gasteiger partial charge in [-0.3, -0.25) is 4.79 Å². The molecule has 0 aliphatic heterocycles. The quantitative estimate of drug-likeness (QED) is 0.181. The molecule has 0 bridgehead atoms. The Labute approximate surface area is 426 Å². The summed E-state index contributed by atoms with van der Waals surface area (Å²) < 4.78 is 0. The van der Waals surface area contributed by atoms with Gasteiger partial charge in [0.2, 0.25) is 0 Å². The Bertz CT molecular complexity index is 2340. The molecule has 6 heteroatoms. The zero-order chi connectivity index (χ0) is 55.0. The van der Waals surface area contributed by atoms with Crippen molar-refractivity contribution < 1.29 is 30.3 Å². The predicted octanol–water partition coefficient (Wildman–Crippen LogP) is 18.1. The Balaban J connectivity index is 2.77. The molecule has 6 nitrogen and oxygen atoms in total. The van der Waals surface area contributed by atoms with E-state index in [1.807, 2.05) is 65.8 Å². The van der Waals surface area contributed by atoms with Crippen LogP contribution in [0.1, 0.15) is 173 Å². The number of aliphatic carboxylic acids is 1. The van der Waals surface area contributed by atoms with Crippen molar-refractivity contribution in [1.29, 1.82) is 0 Å². The highest BCUT2D eigenvalue weighted by atomic mass is 16.4. The first kappa shape index (κ1) is 58.1. The van der Waals surface area contributed by atoms with Crippen molar-refractivity contribution in [2.75, 3.05) is 0 Å². The molecule has 70 heavy (non-hydrogen) atoms. The van der Waals surface area contributed by atoms with E-state index in [1.54, 1.807) is 6.92 Å². The summed E-state index contributed by atoms with van der Waals surface area (Å²) in [6, 6.07) is 0. The Hall–Kier alpha value is -4.45. The van der Waals surface area contributed by atoms with Crippen molar-refractivity contribution in [1.82, 2.24) is 0 Å². The van der Waals surface area contributed by atoms with Crippen molar-refractivity contribution in [3.05, 3.63) is 141 Å². The topological polar surface area (TPSA) is 118 Å². The molecule has 0 aromatic heterocycles. The summed E-state index contributed by atoms with van der Waals surface area (Å²) in [5, 5.41) is 64.0. The van der Waals surface area contributed by atoms with Crippen LogP contribution >= 0.6 is 0 Å². The number of allylic oxidation sites excluding steroid dienone is 15. The molecule has 0 radical (unpaired) electrons. The van der Waals surface area contributed by atoms with E-state index in [2.05, 4.69) is 125 Å². The monoisotopic (exact) mass is 961 g/mol. The Morgan fingerprint density at radius 3 is 0.686 bits per heavy atom. The zero-order valence-electron chi connectivity index (χ0n) is 48.6. The summed E-state index contributed by atoms with van der Waals surface area (Å²) >= 11 is 0. The fourth-order valence-corrected chi connectivity index (χ4v) is 12.5. The average molecular weight is 961 g/mol. The van der Waals surface area contributed by atoms with Gasteiger partial charge in [0.05, 0.1) is 5.41 Å². The van der Waals surface area contributed by atoms with E-state index in [1.165, 1.54) is 0 Å². The van der Waals surface area contributed by atoms with Gasteiger partial charge in [-0.1, -0.05) is 217 Å². The lowest BCUT2D eigenvalue weighted by atomic mass is 9.42. The molecule has 0 fully saturated rings. The molecule has 0 amide bonds. The molecule has 0 spiro atoms. The highest BCUT2D eigenvalue weighted by Gasteiger charge is 2.67. The van der Waals surface area contributed by atoms with Gasteiger partial charge in [0.15, 0.2) is 0 Å². The van der Waals surface area contributed by atoms with Crippen LogP contribution < -0.4 is 0 Å². The van der Waals surface area contributed by atoms with Gasteiger partial charge in [-0.25, -0.2) is 0 Å². The minimum Gasteiger partial charge on any atom is -0.511 e. The first-order chi connectivity index (χ1) is 30.9. The SMILES string of the molecule is C=C1C(C(C)(C(=O)O)C(C2=CC(C(C)(C)C)=C(O)C(C(C)(C)C)C2=C)(C2=CC(C(C)(C)C)=C(O)C(C(C)(C)C)C2=C)C2=CC(C(C)(C)C)=C(O)C(C(C)(C)C)C2=C)=CC(C(C)(C)C)=C(O)C1C(C)(C)C. The third kappa shape index (κ3) is 9.41. The number of carboxylic acids is 1. The number of aliphatic hydroxyl groups is 4. The number of aliphatic hydroxyl groups excluding tert-OH is 4. The second-order valence-corrected chi connectivity index (χ2v) is 29.9. The largest absolute Gasteiger partial charge is 0.511 e. The minimum atomic E-state index is -2.09. The fourth-order valence-electron chi connectivity index (χ4n) is 12.5. The van der Waals surface area contributed by atoms with E-state index in [9.17, 15) is 25.5 Å². The third-order valence-corrected chi connectivity index (χ3v) is 15.8. The summed E-state index contributed by atoms with van der Waals surface area (Å²) in [6.07, 6.45) is 7.87. The molecule has 5 unspecified atom stereocenters. The minimum absolute atomic E-state index is 0.151. The number of hydrogen-bond donors (Lipinski definition) is 5. The second kappa shape index (κ2) is 17.4. The number of carbonyl (C=O) groups is 1. The molecule has 4 aliphatic carbocycles. The average Bonchev–Trinajstić information content (AvgIpc) is 3.09. The van der Waals surface area contributed by atoms with Gasteiger partial charge in [-0.15, -0.1) is 0 Å². The van der Waals surface area contributed by atoms with Crippen molar-refractivity contribution in [3.63, 3.8) is 0 Å². The van der Waals surface area contributed by atoms with Crippen molar-refractivity contribution in [2.45, 2.75) is 173 Å². The number of rotatable bonds is 6. The van der Waals surface area contributed by atoms with Crippen LogP contribution in [0.25, 0.3) is 0 Å². The van der Waals surface area contributed by atoms with E-state index in [-0.39, 0.29) is 23.0 Å². The molecule has 4 aliphatic rings. The lowest BCUT2D eigenvalue weighted by molar-refractivity contribution is -0.149. The van der Waals surface area contributed by atoms with Gasteiger partial charge in [-0.2, -0.15) is 0 Å². The summed E-state index contributed by atoms with van der Waals surface area (Å²) in [5.74, 6) is -3.28. The van der Waals surface area contributed by atoms with Crippen LogP contribution in [0.15, 0.2) is 141 Å². The van der Waals surface area contributed by atoms with Crippen molar-refractivity contribution in [2.24, 2.45) is 77.8 Å². The lowest BCUT2D eigenvalue weighted by Crippen LogP contribution is -2.56. The summed E-state index contributed by atoms with van der Waals surface area (Å²) in [4.78, 5) is 16.1. The number of hydrogen-bond acceptors (Lipinski definition) is 5. The van der Waals surface area contributed by atoms with E-state index in [0.717, 1.165) is 0 Å². The predicted molar refractivity (Wildman–Crippen MR) is 295 cm³/mol. The van der Waals surface area contributed by atoms with E-state index in [4.69, 9.17) is 26.3 Å². The molecule has 0 saturated carbocycles. The normalized spacial score (nSPS) is 25.2. The van der Waals surface area contributed by atoms with Crippen LogP contribution in [0.2, 0.25) is 0 Å². The summed E-state index contributed by atoms with van der Waals surface area (Å²) in [6.45, 7) is 71.0. The van der Waals surface area contributed by atoms with Gasteiger partial charge in [0, 0.05) is 23.7 Å². The van der Waals surface area contributed by atoms with Crippen molar-refractivity contribution >= 4 is 5.97 Å². The molecular weight excluding hydrogens is 865 g/mol. The van der Waals surface area contributed by atoms with Gasteiger partial charge in [-0.05, 0) is 117 Å². The van der Waals surface area contributed by atoms with Crippen LogP contribution in [-0.2, 0) is 4.79 Å². The maximum absolute atomic E-state index is 16.1. The molecule has 5 atom stereocenters. The van der Waals surface area contributed by atoms with Crippen LogP contribution in [0.4, 0.5) is 0 Å². The highest BCUT2D eigenvalue weighted by molar-refractivity contribution is 5.89. The van der Waals surface area contributed by atoms with Gasteiger partial charge < -0.3 is 25.5 Å². The van der Waals surface area contributed by atoms with Crippen LogP contribution in [-0.4, -0.2) is 31.5 Å². The van der Waals surface area contributed by atoms with Gasteiger partial charge in [0.1, 0.15) is 28.5 Å².